The molecule has 1 heterocycles. The fourth-order valence-corrected chi connectivity index (χ4v) is 2.94. The summed E-state index contributed by atoms with van der Waals surface area (Å²) < 4.78 is 6.18. The number of aromatic nitrogens is 2. The van der Waals surface area contributed by atoms with Crippen LogP contribution in [-0.2, 0) is 0 Å². The van der Waals surface area contributed by atoms with E-state index in [4.69, 9.17) is 9.42 Å². The van der Waals surface area contributed by atoms with Crippen LogP contribution in [0.4, 0.5) is 5.69 Å². The highest BCUT2D eigenvalue weighted by Gasteiger charge is 2.18. The number of benzene rings is 1. The van der Waals surface area contributed by atoms with E-state index < -0.39 is 8.32 Å². The molecule has 2 aromatic rings. The molecule has 0 fully saturated rings. The van der Waals surface area contributed by atoms with Crippen LogP contribution in [0.2, 0.25) is 19.6 Å². The van der Waals surface area contributed by atoms with E-state index in [1.165, 1.54) is 5.56 Å². The van der Waals surface area contributed by atoms with Crippen LogP contribution in [0, 0.1) is 13.8 Å². The van der Waals surface area contributed by atoms with E-state index in [0.717, 1.165) is 28.5 Å². The van der Waals surface area contributed by atoms with E-state index in [9.17, 15) is 0 Å². The van der Waals surface area contributed by atoms with Gasteiger partial charge in [0.05, 0.1) is 11.4 Å². The smallest absolute Gasteiger partial charge is 0.242 e. The van der Waals surface area contributed by atoms with Crippen molar-refractivity contribution in [1.29, 1.82) is 0 Å². The Balaban J connectivity index is 2.44. The number of aryl methyl sites for hydroxylation is 2. The van der Waals surface area contributed by atoms with Crippen LogP contribution in [0.25, 0.3) is 0 Å². The first-order chi connectivity index (χ1) is 10.3. The van der Waals surface area contributed by atoms with Crippen molar-refractivity contribution in [2.75, 3.05) is 0 Å². The molecule has 0 aliphatic rings. The van der Waals surface area contributed by atoms with Crippen molar-refractivity contribution in [3.63, 3.8) is 0 Å². The number of hydrogen-bond acceptors (Lipinski definition) is 4. The molecule has 0 bridgehead atoms. The van der Waals surface area contributed by atoms with Gasteiger partial charge in [0.1, 0.15) is 17.1 Å². The molecule has 0 saturated carbocycles. The molecule has 0 amide bonds. The molecule has 0 atom stereocenters. The van der Waals surface area contributed by atoms with Crippen molar-refractivity contribution in [2.24, 2.45) is 4.99 Å². The lowest BCUT2D eigenvalue weighted by Crippen LogP contribution is -2.29. The Morgan fingerprint density at radius 1 is 1.09 bits per heavy atom. The predicted octanol–water partition coefficient (Wildman–Crippen LogP) is 4.45. The maximum Gasteiger partial charge on any atom is 0.242 e. The van der Waals surface area contributed by atoms with Gasteiger partial charge < -0.3 is 4.43 Å². The quantitative estimate of drug-likeness (QED) is 0.619. The average molecular weight is 313 g/mol. The third-order valence-corrected chi connectivity index (χ3v) is 3.88. The molecular formula is C17H23N3OSi. The van der Waals surface area contributed by atoms with Crippen molar-refractivity contribution in [2.45, 2.75) is 40.4 Å². The van der Waals surface area contributed by atoms with Crippen LogP contribution < -0.4 is 4.43 Å². The standard InChI is InChI=1S/C17H23N3OSi/c1-12-7-8-15(16(11-12)21-22(4,5)6)20-14(3)17-13(2)18-9-10-19-17/h7-11H,1-6H3. The van der Waals surface area contributed by atoms with Gasteiger partial charge >= 0.3 is 0 Å². The van der Waals surface area contributed by atoms with Crippen molar-refractivity contribution in [3.05, 3.63) is 47.5 Å². The van der Waals surface area contributed by atoms with Gasteiger partial charge in [-0.1, -0.05) is 6.07 Å². The van der Waals surface area contributed by atoms with Gasteiger partial charge in [0.25, 0.3) is 0 Å². The Morgan fingerprint density at radius 3 is 2.41 bits per heavy atom. The highest BCUT2D eigenvalue weighted by molar-refractivity contribution is 6.70. The second-order valence-electron chi connectivity index (χ2n) is 6.37. The number of nitrogens with zero attached hydrogens (tertiary/aromatic N) is 3. The summed E-state index contributed by atoms with van der Waals surface area (Å²) in [5.74, 6) is 0.847. The first kappa shape index (κ1) is 16.4. The maximum absolute atomic E-state index is 6.18. The number of aliphatic imine (C=N–C) groups is 1. The first-order valence-corrected chi connectivity index (χ1v) is 10.8. The van der Waals surface area contributed by atoms with E-state index in [1.807, 2.05) is 32.0 Å². The van der Waals surface area contributed by atoms with E-state index in [1.54, 1.807) is 12.4 Å². The number of hydrogen-bond donors (Lipinski definition) is 0. The molecule has 1 aromatic carbocycles. The third kappa shape index (κ3) is 4.24. The Kier molecular flexibility index (Phi) is 4.76. The van der Waals surface area contributed by atoms with Crippen molar-refractivity contribution >= 4 is 19.7 Å². The summed E-state index contributed by atoms with van der Waals surface area (Å²) >= 11 is 0. The topological polar surface area (TPSA) is 47.4 Å². The minimum atomic E-state index is -1.69. The average Bonchev–Trinajstić information content (AvgIpc) is 2.40. The second kappa shape index (κ2) is 6.40. The summed E-state index contributed by atoms with van der Waals surface area (Å²) in [6, 6.07) is 6.10. The van der Waals surface area contributed by atoms with Crippen LogP contribution in [0.15, 0.2) is 35.6 Å². The summed E-state index contributed by atoms with van der Waals surface area (Å²) in [5.41, 5.74) is 4.55. The molecule has 0 radical (unpaired) electrons. The molecule has 22 heavy (non-hydrogen) atoms. The molecule has 0 spiro atoms. The predicted molar refractivity (Wildman–Crippen MR) is 93.8 cm³/mol. The molecule has 0 N–H and O–H groups in total. The molecule has 5 heteroatoms. The molecular weight excluding hydrogens is 290 g/mol. The lowest BCUT2D eigenvalue weighted by Gasteiger charge is -2.21. The van der Waals surface area contributed by atoms with Gasteiger partial charge in [-0.05, 0) is 58.1 Å². The molecule has 4 nitrogen and oxygen atoms in total. The Hall–Kier alpha value is -2.01. The lowest BCUT2D eigenvalue weighted by molar-refractivity contribution is 0.558. The van der Waals surface area contributed by atoms with E-state index in [-0.39, 0.29) is 0 Å². The summed E-state index contributed by atoms with van der Waals surface area (Å²) in [5, 5.41) is 0. The molecule has 1 aromatic heterocycles. The van der Waals surface area contributed by atoms with E-state index in [2.05, 4.69) is 36.5 Å². The normalized spacial score (nSPS) is 12.4. The van der Waals surface area contributed by atoms with Crippen LogP contribution in [0.3, 0.4) is 0 Å². The summed E-state index contributed by atoms with van der Waals surface area (Å²) in [7, 11) is -1.69. The van der Waals surface area contributed by atoms with Crippen LogP contribution in [0.1, 0.15) is 23.9 Å². The number of rotatable bonds is 4. The second-order valence-corrected chi connectivity index (χ2v) is 10.8. The zero-order valence-corrected chi connectivity index (χ0v) is 15.1. The van der Waals surface area contributed by atoms with Gasteiger partial charge in [-0.3, -0.25) is 9.97 Å². The van der Waals surface area contributed by atoms with E-state index >= 15 is 0 Å². The van der Waals surface area contributed by atoms with Gasteiger partial charge in [-0.25, -0.2) is 4.99 Å². The SMILES string of the molecule is CC(=Nc1ccc(C)cc1O[Si](C)(C)C)c1nccnc1C. The summed E-state index contributed by atoms with van der Waals surface area (Å²) in [6.45, 7) is 12.5. The van der Waals surface area contributed by atoms with Gasteiger partial charge in [0.15, 0.2) is 0 Å². The molecule has 116 valence electrons. The van der Waals surface area contributed by atoms with Gasteiger partial charge in [0, 0.05) is 12.4 Å². The molecule has 0 unspecified atom stereocenters. The maximum atomic E-state index is 6.18. The van der Waals surface area contributed by atoms with Crippen LogP contribution in [0.5, 0.6) is 5.75 Å². The van der Waals surface area contributed by atoms with Gasteiger partial charge in [-0.15, -0.1) is 0 Å². The minimum absolute atomic E-state index is 0.821. The van der Waals surface area contributed by atoms with Crippen molar-refractivity contribution < 1.29 is 4.43 Å². The van der Waals surface area contributed by atoms with Gasteiger partial charge in [0.2, 0.25) is 8.32 Å². The summed E-state index contributed by atoms with van der Waals surface area (Å²) in [6.07, 6.45) is 3.38. The molecule has 0 aliphatic heterocycles. The first-order valence-electron chi connectivity index (χ1n) is 7.39. The molecule has 2 rings (SSSR count). The highest BCUT2D eigenvalue weighted by Crippen LogP contribution is 2.31. The van der Waals surface area contributed by atoms with Crippen molar-refractivity contribution in [3.8, 4) is 5.75 Å². The Bertz CT molecular complexity index is 705. The summed E-state index contributed by atoms with van der Waals surface area (Å²) in [4.78, 5) is 13.4. The van der Waals surface area contributed by atoms with Crippen LogP contribution in [-0.4, -0.2) is 24.0 Å². The monoisotopic (exact) mass is 313 g/mol. The van der Waals surface area contributed by atoms with Gasteiger partial charge in [-0.2, -0.15) is 0 Å². The lowest BCUT2D eigenvalue weighted by atomic mass is 10.2. The third-order valence-electron chi connectivity index (χ3n) is 3.04. The molecule has 0 saturated heterocycles. The highest BCUT2D eigenvalue weighted by atomic mass is 28.4. The minimum Gasteiger partial charge on any atom is -0.543 e. The van der Waals surface area contributed by atoms with Crippen LogP contribution >= 0.6 is 0 Å². The zero-order chi connectivity index (χ0) is 16.3. The largest absolute Gasteiger partial charge is 0.543 e. The Morgan fingerprint density at radius 2 is 1.77 bits per heavy atom. The fraction of sp³-hybridized carbons (Fsp3) is 0.353. The Labute approximate surface area is 133 Å². The zero-order valence-electron chi connectivity index (χ0n) is 14.1. The molecule has 0 aliphatic carbocycles. The fourth-order valence-electron chi connectivity index (χ4n) is 2.12. The van der Waals surface area contributed by atoms with Crippen molar-refractivity contribution in [1.82, 2.24) is 9.97 Å². The van der Waals surface area contributed by atoms with E-state index in [0.29, 0.717) is 0 Å².